The summed E-state index contributed by atoms with van der Waals surface area (Å²) in [7, 11) is 0. The Morgan fingerprint density at radius 3 is 1.91 bits per heavy atom. The Hall–Kier alpha value is -0.120. The van der Waals surface area contributed by atoms with Gasteiger partial charge in [0.25, 0.3) is 0 Å². The number of nitrogens with zero attached hydrogens (tertiary/aromatic N) is 3. The minimum absolute atomic E-state index is 0.351. The van der Waals surface area contributed by atoms with Gasteiger partial charge in [-0.15, -0.1) is 0 Å². The molecule has 0 radical (unpaired) electrons. The van der Waals surface area contributed by atoms with Gasteiger partial charge in [0.1, 0.15) is 0 Å². The van der Waals surface area contributed by atoms with Gasteiger partial charge in [0, 0.05) is 42.8 Å². The third-order valence-electron chi connectivity index (χ3n) is 6.27. The van der Waals surface area contributed by atoms with Crippen molar-refractivity contribution in [3.63, 3.8) is 0 Å². The highest BCUT2D eigenvalue weighted by molar-refractivity contribution is 5.03. The molecule has 0 aromatic rings. The lowest BCUT2D eigenvalue weighted by molar-refractivity contribution is 0.0354. The molecule has 2 bridgehead atoms. The molecule has 3 fully saturated rings. The van der Waals surface area contributed by atoms with Crippen LogP contribution in [-0.4, -0.2) is 70.6 Å². The van der Waals surface area contributed by atoms with E-state index in [0.29, 0.717) is 11.1 Å². The van der Waals surface area contributed by atoms with Crippen molar-refractivity contribution >= 4 is 0 Å². The van der Waals surface area contributed by atoms with E-state index in [1.807, 2.05) is 0 Å². The molecule has 3 nitrogen and oxygen atoms in total. The molecule has 3 rings (SSSR count). The van der Waals surface area contributed by atoms with Crippen LogP contribution in [0.1, 0.15) is 60.8 Å². The minimum atomic E-state index is 0.351. The SMILES string of the molecule is CC(C)(C)N1CCC(CN2C[C@@H]3C[C@H]2CN3C(C)(C)C)CC1. The van der Waals surface area contributed by atoms with Crippen LogP contribution in [0, 0.1) is 5.92 Å². The van der Waals surface area contributed by atoms with E-state index in [4.69, 9.17) is 0 Å². The van der Waals surface area contributed by atoms with Crippen LogP contribution in [0.3, 0.4) is 0 Å². The molecule has 0 aromatic heterocycles. The van der Waals surface area contributed by atoms with Crippen LogP contribution >= 0.6 is 0 Å². The molecule has 0 spiro atoms. The number of hydrogen-bond donors (Lipinski definition) is 0. The first-order valence-electron chi connectivity index (χ1n) is 9.40. The average Bonchev–Trinajstić information content (AvgIpc) is 2.97. The lowest BCUT2D eigenvalue weighted by atomic mass is 9.92. The first-order chi connectivity index (χ1) is 10.1. The van der Waals surface area contributed by atoms with Gasteiger partial charge in [0.2, 0.25) is 0 Å². The van der Waals surface area contributed by atoms with Crippen LogP contribution in [0.15, 0.2) is 0 Å². The quantitative estimate of drug-likeness (QED) is 0.776. The van der Waals surface area contributed by atoms with E-state index < -0.39 is 0 Å². The molecular formula is C19H37N3. The zero-order valence-corrected chi connectivity index (χ0v) is 15.7. The van der Waals surface area contributed by atoms with Crippen molar-refractivity contribution in [1.29, 1.82) is 0 Å². The van der Waals surface area contributed by atoms with E-state index in [-0.39, 0.29) is 0 Å². The summed E-state index contributed by atoms with van der Waals surface area (Å²) < 4.78 is 0. The van der Waals surface area contributed by atoms with Crippen LogP contribution in [0.2, 0.25) is 0 Å². The van der Waals surface area contributed by atoms with Gasteiger partial charge in [-0.05, 0) is 79.8 Å². The molecule has 0 amide bonds. The number of piperazine rings is 1. The number of rotatable bonds is 2. The van der Waals surface area contributed by atoms with E-state index in [2.05, 4.69) is 56.2 Å². The molecule has 0 unspecified atom stereocenters. The van der Waals surface area contributed by atoms with Crippen molar-refractivity contribution in [3.05, 3.63) is 0 Å². The van der Waals surface area contributed by atoms with Crippen LogP contribution in [0.25, 0.3) is 0 Å². The van der Waals surface area contributed by atoms with Gasteiger partial charge in [0.15, 0.2) is 0 Å². The van der Waals surface area contributed by atoms with Gasteiger partial charge in [-0.25, -0.2) is 0 Å². The van der Waals surface area contributed by atoms with E-state index in [0.717, 1.165) is 18.0 Å². The molecule has 0 aromatic carbocycles. The highest BCUT2D eigenvalue weighted by Gasteiger charge is 2.47. The van der Waals surface area contributed by atoms with Crippen LogP contribution in [0.5, 0.6) is 0 Å². The predicted octanol–water partition coefficient (Wildman–Crippen LogP) is 3.05. The topological polar surface area (TPSA) is 9.72 Å². The maximum absolute atomic E-state index is 2.82. The first-order valence-corrected chi connectivity index (χ1v) is 9.40. The second-order valence-corrected chi connectivity index (χ2v) is 9.92. The van der Waals surface area contributed by atoms with Gasteiger partial charge in [-0.3, -0.25) is 14.7 Å². The Balaban J connectivity index is 1.47. The fourth-order valence-electron chi connectivity index (χ4n) is 4.91. The van der Waals surface area contributed by atoms with Crippen molar-refractivity contribution in [2.45, 2.75) is 84.0 Å². The molecule has 3 heteroatoms. The van der Waals surface area contributed by atoms with E-state index in [9.17, 15) is 0 Å². The summed E-state index contributed by atoms with van der Waals surface area (Å²) in [6.07, 6.45) is 4.21. The van der Waals surface area contributed by atoms with Crippen molar-refractivity contribution in [2.24, 2.45) is 5.92 Å². The predicted molar refractivity (Wildman–Crippen MR) is 94.3 cm³/mol. The van der Waals surface area contributed by atoms with E-state index in [1.54, 1.807) is 0 Å². The number of piperidine rings is 1. The third-order valence-corrected chi connectivity index (χ3v) is 6.27. The van der Waals surface area contributed by atoms with E-state index >= 15 is 0 Å². The maximum Gasteiger partial charge on any atom is 0.0244 e. The molecule has 2 atom stereocenters. The Kier molecular flexibility index (Phi) is 4.37. The Morgan fingerprint density at radius 1 is 0.818 bits per heavy atom. The Labute approximate surface area is 138 Å². The van der Waals surface area contributed by atoms with Crippen LogP contribution < -0.4 is 0 Å². The summed E-state index contributed by atoms with van der Waals surface area (Å²) >= 11 is 0. The molecule has 0 aliphatic carbocycles. The van der Waals surface area contributed by atoms with Gasteiger partial charge < -0.3 is 0 Å². The summed E-state index contributed by atoms with van der Waals surface area (Å²) in [4.78, 5) is 8.24. The van der Waals surface area contributed by atoms with Crippen molar-refractivity contribution in [2.75, 3.05) is 32.7 Å². The van der Waals surface area contributed by atoms with E-state index in [1.165, 1.54) is 52.0 Å². The molecule has 0 N–H and O–H groups in total. The lowest BCUT2D eigenvalue weighted by Gasteiger charge is -2.44. The van der Waals surface area contributed by atoms with Crippen molar-refractivity contribution < 1.29 is 0 Å². The summed E-state index contributed by atoms with van der Waals surface area (Å²) in [6.45, 7) is 20.8. The molecule has 128 valence electrons. The smallest absolute Gasteiger partial charge is 0.0244 e. The fourth-order valence-corrected chi connectivity index (χ4v) is 4.91. The first kappa shape index (κ1) is 16.7. The molecule has 3 aliphatic rings. The normalized spacial score (nSPS) is 33.0. The van der Waals surface area contributed by atoms with Crippen LogP contribution in [-0.2, 0) is 0 Å². The highest BCUT2D eigenvalue weighted by Crippen LogP contribution is 2.36. The molecule has 3 saturated heterocycles. The van der Waals surface area contributed by atoms with Gasteiger partial charge >= 0.3 is 0 Å². The molecule has 3 heterocycles. The second kappa shape index (κ2) is 5.75. The molecule has 0 saturated carbocycles. The Bertz CT molecular complexity index is 384. The molecule has 3 aliphatic heterocycles. The average molecular weight is 308 g/mol. The fraction of sp³-hybridized carbons (Fsp3) is 1.00. The van der Waals surface area contributed by atoms with Gasteiger partial charge in [-0.2, -0.15) is 0 Å². The van der Waals surface area contributed by atoms with Crippen LogP contribution in [0.4, 0.5) is 0 Å². The third kappa shape index (κ3) is 3.37. The zero-order chi connectivity index (χ0) is 16.1. The standard InChI is InChI=1S/C19H37N3/c1-18(2,3)21-9-7-15(8-10-21)12-20-13-17-11-16(20)14-22(17)19(4,5)6/h15-17H,7-14H2,1-6H3/t16-,17-/m0/s1. The van der Waals surface area contributed by atoms with Crippen molar-refractivity contribution in [3.8, 4) is 0 Å². The highest BCUT2D eigenvalue weighted by atomic mass is 15.4. The largest absolute Gasteiger partial charge is 0.298 e. The number of likely N-dealkylation sites (tertiary alicyclic amines) is 3. The zero-order valence-electron chi connectivity index (χ0n) is 15.7. The monoisotopic (exact) mass is 307 g/mol. The number of fused-ring (bicyclic) bond motifs is 2. The molecule has 22 heavy (non-hydrogen) atoms. The van der Waals surface area contributed by atoms with Crippen molar-refractivity contribution in [1.82, 2.24) is 14.7 Å². The lowest BCUT2D eigenvalue weighted by Crippen LogP contribution is -2.54. The summed E-state index contributed by atoms with van der Waals surface area (Å²) in [5.74, 6) is 0.932. The summed E-state index contributed by atoms with van der Waals surface area (Å²) in [5.41, 5.74) is 0.703. The van der Waals surface area contributed by atoms with Gasteiger partial charge in [-0.1, -0.05) is 0 Å². The second-order valence-electron chi connectivity index (χ2n) is 9.92. The minimum Gasteiger partial charge on any atom is -0.298 e. The number of hydrogen-bond acceptors (Lipinski definition) is 3. The molecular weight excluding hydrogens is 270 g/mol. The van der Waals surface area contributed by atoms with Gasteiger partial charge in [0.05, 0.1) is 0 Å². The maximum atomic E-state index is 2.82. The summed E-state index contributed by atoms with van der Waals surface area (Å²) in [5, 5.41) is 0. The Morgan fingerprint density at radius 2 is 1.45 bits per heavy atom. The summed E-state index contributed by atoms with van der Waals surface area (Å²) in [6, 6.07) is 1.66.